The molecule has 0 aliphatic heterocycles. The number of hydrogen-bond acceptors (Lipinski definition) is 2. The van der Waals surface area contributed by atoms with Crippen molar-refractivity contribution in [1.29, 1.82) is 0 Å². The first-order valence-electron chi connectivity index (χ1n) is 5.29. The van der Waals surface area contributed by atoms with E-state index >= 15 is 0 Å². The first-order chi connectivity index (χ1) is 8.99. The molecule has 6 heteroatoms. The number of nitrogens with one attached hydrogen (secondary N) is 1. The maximum absolute atomic E-state index is 13.6. The molecule has 2 aromatic carbocycles. The molecular formula is C13H9BrClFN2O. The van der Waals surface area contributed by atoms with Gasteiger partial charge in [-0.25, -0.2) is 4.39 Å². The molecule has 0 saturated carbocycles. The Morgan fingerprint density at radius 2 is 2.05 bits per heavy atom. The van der Waals surface area contributed by atoms with Gasteiger partial charge in [0.1, 0.15) is 5.82 Å². The van der Waals surface area contributed by atoms with Crippen molar-refractivity contribution in [3.63, 3.8) is 0 Å². The molecule has 0 bridgehead atoms. The van der Waals surface area contributed by atoms with Crippen LogP contribution in [0.3, 0.4) is 0 Å². The number of benzene rings is 2. The van der Waals surface area contributed by atoms with E-state index in [1.54, 1.807) is 18.2 Å². The molecule has 0 saturated heterocycles. The maximum atomic E-state index is 13.6. The second-order valence-corrected chi connectivity index (χ2v) is 5.11. The summed E-state index contributed by atoms with van der Waals surface area (Å²) in [5.41, 5.74) is 6.21. The molecular weight excluding hydrogens is 335 g/mol. The van der Waals surface area contributed by atoms with Gasteiger partial charge in [-0.2, -0.15) is 0 Å². The smallest absolute Gasteiger partial charge is 0.258 e. The van der Waals surface area contributed by atoms with Gasteiger partial charge in [0.25, 0.3) is 5.91 Å². The number of hydrogen-bond donors (Lipinski definition) is 2. The number of carbonyl (C=O) groups excluding carboxylic acids is 1. The summed E-state index contributed by atoms with van der Waals surface area (Å²) < 4.78 is 14.2. The Balaban J connectivity index is 2.34. The topological polar surface area (TPSA) is 55.1 Å². The molecule has 2 rings (SSSR count). The van der Waals surface area contributed by atoms with Crippen LogP contribution in [-0.2, 0) is 0 Å². The van der Waals surface area contributed by atoms with Gasteiger partial charge in [0.2, 0.25) is 0 Å². The maximum Gasteiger partial charge on any atom is 0.258 e. The molecule has 0 atom stereocenters. The summed E-state index contributed by atoms with van der Waals surface area (Å²) in [5.74, 6) is -1.23. The van der Waals surface area contributed by atoms with Gasteiger partial charge in [0.15, 0.2) is 0 Å². The van der Waals surface area contributed by atoms with Crippen LogP contribution < -0.4 is 11.1 Å². The molecule has 0 aliphatic rings. The second-order valence-electron chi connectivity index (χ2n) is 3.78. The van der Waals surface area contributed by atoms with Crippen molar-refractivity contribution in [1.82, 2.24) is 0 Å². The molecule has 0 aromatic heterocycles. The molecule has 1 amide bonds. The van der Waals surface area contributed by atoms with Gasteiger partial charge >= 0.3 is 0 Å². The van der Waals surface area contributed by atoms with Crippen LogP contribution >= 0.6 is 27.5 Å². The lowest BCUT2D eigenvalue weighted by Crippen LogP contribution is -2.15. The highest BCUT2D eigenvalue weighted by atomic mass is 79.9. The summed E-state index contributed by atoms with van der Waals surface area (Å²) in [6.07, 6.45) is 0. The molecule has 19 heavy (non-hydrogen) atoms. The Morgan fingerprint density at radius 1 is 1.32 bits per heavy atom. The molecule has 0 fully saturated rings. The minimum Gasteiger partial charge on any atom is -0.397 e. The van der Waals surface area contributed by atoms with Crippen LogP contribution in [0.2, 0.25) is 5.02 Å². The van der Waals surface area contributed by atoms with E-state index in [4.69, 9.17) is 17.3 Å². The zero-order valence-electron chi connectivity index (χ0n) is 9.58. The Hall–Kier alpha value is -1.59. The van der Waals surface area contributed by atoms with E-state index < -0.39 is 11.7 Å². The van der Waals surface area contributed by atoms with E-state index in [0.29, 0.717) is 15.2 Å². The van der Waals surface area contributed by atoms with E-state index in [1.807, 2.05) is 0 Å². The standard InChI is InChI=1S/C13H9BrClFN2O/c14-7-4-5-10(16)8(6-7)13(19)18-12-9(15)2-1-3-11(12)17/h1-6H,17H2,(H,18,19). The van der Waals surface area contributed by atoms with Crippen LogP contribution in [0.5, 0.6) is 0 Å². The minimum atomic E-state index is -0.619. The molecule has 98 valence electrons. The number of anilines is 2. The summed E-state index contributed by atoms with van der Waals surface area (Å²) in [5, 5.41) is 2.80. The molecule has 0 aliphatic carbocycles. The number of rotatable bonds is 2. The van der Waals surface area contributed by atoms with Crippen molar-refractivity contribution in [3.05, 3.63) is 57.3 Å². The number of nitrogen functional groups attached to an aromatic ring is 1. The summed E-state index contributed by atoms with van der Waals surface area (Å²) in [6.45, 7) is 0. The minimum absolute atomic E-state index is 0.0892. The number of para-hydroxylation sites is 1. The molecule has 2 aromatic rings. The van der Waals surface area contributed by atoms with Gasteiger partial charge in [-0.1, -0.05) is 33.6 Å². The Morgan fingerprint density at radius 3 is 2.74 bits per heavy atom. The van der Waals surface area contributed by atoms with Crippen LogP contribution in [0.15, 0.2) is 40.9 Å². The highest BCUT2D eigenvalue weighted by molar-refractivity contribution is 9.10. The molecule has 3 N–H and O–H groups in total. The van der Waals surface area contributed by atoms with E-state index in [2.05, 4.69) is 21.2 Å². The van der Waals surface area contributed by atoms with Gasteiger partial charge in [0.05, 0.1) is 22.0 Å². The lowest BCUT2D eigenvalue weighted by Gasteiger charge is -2.10. The molecule has 0 spiro atoms. The van der Waals surface area contributed by atoms with Gasteiger partial charge in [-0.05, 0) is 30.3 Å². The largest absolute Gasteiger partial charge is 0.397 e. The van der Waals surface area contributed by atoms with Gasteiger partial charge in [-0.3, -0.25) is 4.79 Å². The predicted octanol–water partition coefficient (Wildman–Crippen LogP) is 4.08. The lowest BCUT2D eigenvalue weighted by molar-refractivity contribution is 0.102. The van der Waals surface area contributed by atoms with Crippen molar-refractivity contribution in [3.8, 4) is 0 Å². The van der Waals surface area contributed by atoms with Crippen LogP contribution in [0.4, 0.5) is 15.8 Å². The number of halogens is 3. The van der Waals surface area contributed by atoms with Crippen LogP contribution in [-0.4, -0.2) is 5.91 Å². The lowest BCUT2D eigenvalue weighted by atomic mass is 10.2. The van der Waals surface area contributed by atoms with E-state index in [1.165, 1.54) is 18.2 Å². The highest BCUT2D eigenvalue weighted by Gasteiger charge is 2.15. The molecule has 0 radical (unpaired) electrons. The summed E-state index contributed by atoms with van der Waals surface area (Å²) in [6, 6.07) is 8.94. The summed E-state index contributed by atoms with van der Waals surface area (Å²) >= 11 is 9.12. The van der Waals surface area contributed by atoms with Crippen LogP contribution in [0, 0.1) is 5.82 Å². The van der Waals surface area contributed by atoms with Crippen molar-refractivity contribution in [2.24, 2.45) is 0 Å². The molecule has 0 heterocycles. The quantitative estimate of drug-likeness (QED) is 0.807. The van der Waals surface area contributed by atoms with Gasteiger partial charge in [-0.15, -0.1) is 0 Å². The fourth-order valence-corrected chi connectivity index (χ4v) is 2.12. The Labute approximate surface area is 122 Å². The SMILES string of the molecule is Nc1cccc(Cl)c1NC(=O)c1cc(Br)ccc1F. The summed E-state index contributed by atoms with van der Waals surface area (Å²) in [4.78, 5) is 12.0. The first kappa shape index (κ1) is 13.8. The predicted molar refractivity (Wildman–Crippen MR) is 77.9 cm³/mol. The third kappa shape index (κ3) is 3.05. The number of nitrogens with two attached hydrogens (primary N) is 1. The third-order valence-corrected chi connectivity index (χ3v) is 3.27. The normalized spacial score (nSPS) is 10.3. The zero-order chi connectivity index (χ0) is 14.0. The van der Waals surface area contributed by atoms with Gasteiger partial charge in [0, 0.05) is 4.47 Å². The van der Waals surface area contributed by atoms with E-state index in [0.717, 1.165) is 0 Å². The third-order valence-electron chi connectivity index (χ3n) is 2.46. The Bertz CT molecular complexity index is 628. The van der Waals surface area contributed by atoms with Crippen molar-refractivity contribution in [2.75, 3.05) is 11.1 Å². The molecule has 0 unspecified atom stereocenters. The number of amides is 1. The van der Waals surface area contributed by atoms with Crippen molar-refractivity contribution < 1.29 is 9.18 Å². The van der Waals surface area contributed by atoms with Crippen molar-refractivity contribution in [2.45, 2.75) is 0 Å². The average molecular weight is 344 g/mol. The van der Waals surface area contributed by atoms with Gasteiger partial charge < -0.3 is 11.1 Å². The highest BCUT2D eigenvalue weighted by Crippen LogP contribution is 2.28. The van der Waals surface area contributed by atoms with Crippen LogP contribution in [0.25, 0.3) is 0 Å². The Kier molecular flexibility index (Phi) is 4.07. The van der Waals surface area contributed by atoms with E-state index in [9.17, 15) is 9.18 Å². The zero-order valence-corrected chi connectivity index (χ0v) is 11.9. The first-order valence-corrected chi connectivity index (χ1v) is 6.46. The molecule has 3 nitrogen and oxygen atoms in total. The monoisotopic (exact) mass is 342 g/mol. The van der Waals surface area contributed by atoms with Crippen LogP contribution in [0.1, 0.15) is 10.4 Å². The van der Waals surface area contributed by atoms with Crippen molar-refractivity contribution >= 4 is 44.8 Å². The fourth-order valence-electron chi connectivity index (χ4n) is 1.53. The number of carbonyl (C=O) groups is 1. The fraction of sp³-hybridized carbons (Fsp3) is 0. The summed E-state index contributed by atoms with van der Waals surface area (Å²) in [7, 11) is 0. The average Bonchev–Trinajstić information content (AvgIpc) is 2.37. The van der Waals surface area contributed by atoms with E-state index in [-0.39, 0.29) is 11.3 Å². The second kappa shape index (κ2) is 5.59.